The highest BCUT2D eigenvalue weighted by Gasteiger charge is 2.36. The number of nitrogens with zero attached hydrogens (tertiary/aromatic N) is 8. The molecule has 1 aliphatic heterocycles. The highest BCUT2D eigenvalue weighted by Crippen LogP contribution is 2.41. The average Bonchev–Trinajstić information content (AvgIpc) is 3.71. The number of aromatic amines is 1. The Morgan fingerprint density at radius 1 is 1.02 bits per heavy atom. The number of fused-ring (bicyclic) bond motifs is 1. The molecule has 3 fully saturated rings. The van der Waals surface area contributed by atoms with Gasteiger partial charge in [-0.15, -0.1) is 0 Å². The third-order valence-electron chi connectivity index (χ3n) is 9.55. The Bertz CT molecular complexity index is 1580. The lowest BCUT2D eigenvalue weighted by Gasteiger charge is -2.33. The van der Waals surface area contributed by atoms with Gasteiger partial charge in [-0.3, -0.25) is 9.51 Å². The van der Waals surface area contributed by atoms with Gasteiger partial charge < -0.3 is 14.8 Å². The number of nitrogens with one attached hydrogen (secondary N) is 2. The minimum Gasteiger partial charge on any atom is -0.365 e. The van der Waals surface area contributed by atoms with E-state index in [0.29, 0.717) is 23.3 Å². The fourth-order valence-corrected chi connectivity index (χ4v) is 6.82. The van der Waals surface area contributed by atoms with E-state index >= 15 is 0 Å². The van der Waals surface area contributed by atoms with E-state index < -0.39 is 5.76 Å². The molecule has 13 nitrogen and oxygen atoms in total. The molecular weight excluding hydrogens is 524 g/mol. The summed E-state index contributed by atoms with van der Waals surface area (Å²) < 4.78 is 12.2. The van der Waals surface area contributed by atoms with Crippen molar-refractivity contribution in [1.29, 1.82) is 0 Å². The first kappa shape index (κ1) is 26.1. The quantitative estimate of drug-likeness (QED) is 0.308. The molecule has 0 aromatic carbocycles. The topological polar surface area (TPSA) is 157 Å². The highest BCUT2D eigenvalue weighted by atomic mass is 16.6. The van der Waals surface area contributed by atoms with Crippen molar-refractivity contribution in [3.05, 3.63) is 21.9 Å². The third-order valence-corrected chi connectivity index (χ3v) is 9.55. The molecule has 5 heterocycles. The molecule has 4 aromatic heterocycles. The van der Waals surface area contributed by atoms with Gasteiger partial charge in [-0.25, -0.2) is 19.4 Å². The summed E-state index contributed by atoms with van der Waals surface area (Å²) in [5.41, 5.74) is 3.12. The molecule has 7 rings (SSSR count). The van der Waals surface area contributed by atoms with Crippen molar-refractivity contribution in [2.45, 2.75) is 97.2 Å². The second-order valence-corrected chi connectivity index (χ2v) is 12.4. The lowest BCUT2D eigenvalue weighted by atomic mass is 9.80. The predicted molar refractivity (Wildman–Crippen MR) is 151 cm³/mol. The van der Waals surface area contributed by atoms with Gasteiger partial charge in [0.2, 0.25) is 17.6 Å². The van der Waals surface area contributed by atoms with Crippen LogP contribution in [0.5, 0.6) is 0 Å². The SMILES string of the molecule is Cc1nonc1C1CCCN1c1nc2nc(-c3noc(=O)[nH]3)nc(N[C@H](C)C3CCC3)c2n1CC1CCC(C)CC1. The van der Waals surface area contributed by atoms with E-state index in [4.69, 9.17) is 24.1 Å². The van der Waals surface area contributed by atoms with E-state index in [1.807, 2.05) is 6.92 Å². The van der Waals surface area contributed by atoms with Crippen molar-refractivity contribution in [2.75, 3.05) is 16.8 Å². The van der Waals surface area contributed by atoms with Gasteiger partial charge in [0.25, 0.3) is 0 Å². The maximum absolute atomic E-state index is 11.8. The summed E-state index contributed by atoms with van der Waals surface area (Å²) in [4.78, 5) is 31.6. The number of anilines is 2. The molecule has 1 saturated heterocycles. The third kappa shape index (κ3) is 4.88. The van der Waals surface area contributed by atoms with E-state index in [-0.39, 0.29) is 23.7 Å². The molecular formula is C28H38N10O3. The summed E-state index contributed by atoms with van der Waals surface area (Å²) >= 11 is 0. The zero-order valence-electron chi connectivity index (χ0n) is 24.0. The zero-order chi connectivity index (χ0) is 28.1. The Kier molecular flexibility index (Phi) is 6.74. The zero-order valence-corrected chi connectivity index (χ0v) is 24.0. The van der Waals surface area contributed by atoms with Gasteiger partial charge >= 0.3 is 5.76 Å². The Morgan fingerprint density at radius 3 is 2.54 bits per heavy atom. The van der Waals surface area contributed by atoms with E-state index in [0.717, 1.165) is 54.7 Å². The van der Waals surface area contributed by atoms with Crippen LogP contribution < -0.4 is 16.0 Å². The van der Waals surface area contributed by atoms with E-state index in [1.165, 1.54) is 44.9 Å². The molecule has 4 aromatic rings. The van der Waals surface area contributed by atoms with E-state index in [9.17, 15) is 4.79 Å². The predicted octanol–water partition coefficient (Wildman–Crippen LogP) is 4.63. The van der Waals surface area contributed by atoms with Crippen molar-refractivity contribution < 1.29 is 9.15 Å². The van der Waals surface area contributed by atoms with Gasteiger partial charge in [-0.05, 0) is 70.1 Å². The van der Waals surface area contributed by atoms with Gasteiger partial charge in [-0.1, -0.05) is 41.7 Å². The Labute approximate surface area is 237 Å². The fraction of sp³-hybridized carbons (Fsp3) is 0.679. The van der Waals surface area contributed by atoms with Gasteiger partial charge in [0.05, 0.1) is 6.04 Å². The first-order valence-corrected chi connectivity index (χ1v) is 15.1. The number of imidazole rings is 1. The van der Waals surface area contributed by atoms with Crippen LogP contribution in [0.1, 0.15) is 89.1 Å². The van der Waals surface area contributed by atoms with Crippen LogP contribution in [0.2, 0.25) is 0 Å². The minimum atomic E-state index is -0.643. The summed E-state index contributed by atoms with van der Waals surface area (Å²) in [6.07, 6.45) is 10.5. The van der Waals surface area contributed by atoms with Gasteiger partial charge in [0, 0.05) is 19.1 Å². The first-order valence-electron chi connectivity index (χ1n) is 15.1. The van der Waals surface area contributed by atoms with E-state index in [2.05, 4.69) is 49.1 Å². The normalized spacial score (nSPS) is 24.2. The van der Waals surface area contributed by atoms with Gasteiger partial charge in [0.15, 0.2) is 11.5 Å². The Morgan fingerprint density at radius 2 is 1.85 bits per heavy atom. The molecule has 2 atom stereocenters. The molecule has 2 N–H and O–H groups in total. The molecule has 2 aliphatic carbocycles. The summed E-state index contributed by atoms with van der Waals surface area (Å²) in [6, 6.07) is 0.254. The van der Waals surface area contributed by atoms with Crippen LogP contribution in [0.15, 0.2) is 13.9 Å². The molecule has 0 radical (unpaired) electrons. The standard InChI is InChI=1S/C28H38N10O3/c1-15-9-11-18(12-10-15)14-38-22-23(29-16(2)19-6-4-7-19)30-25(26-33-28(39)40-36-26)31-24(22)32-27(38)37-13-5-8-20(37)21-17(3)34-41-35-21/h15-16,18-20H,4-14H2,1-3H3,(H,29,30,31)(H,33,36,39)/t15?,16-,18?,20?/m1/s1. The van der Waals surface area contributed by atoms with Gasteiger partial charge in [0.1, 0.15) is 16.9 Å². The fourth-order valence-electron chi connectivity index (χ4n) is 6.82. The summed E-state index contributed by atoms with van der Waals surface area (Å²) in [7, 11) is 0. The maximum Gasteiger partial charge on any atom is 0.439 e. The second-order valence-electron chi connectivity index (χ2n) is 12.4. The summed E-state index contributed by atoms with van der Waals surface area (Å²) in [5.74, 6) is 3.32. The monoisotopic (exact) mass is 562 g/mol. The molecule has 3 aliphatic rings. The highest BCUT2D eigenvalue weighted by molar-refractivity contribution is 5.87. The molecule has 0 bridgehead atoms. The van der Waals surface area contributed by atoms with Crippen LogP contribution in [-0.4, -0.2) is 52.6 Å². The molecule has 1 unspecified atom stereocenters. The van der Waals surface area contributed by atoms with Crippen molar-refractivity contribution in [3.8, 4) is 11.6 Å². The van der Waals surface area contributed by atoms with Crippen molar-refractivity contribution in [3.63, 3.8) is 0 Å². The molecule has 13 heteroatoms. The lowest BCUT2D eigenvalue weighted by molar-refractivity contribution is 0.266. The molecule has 0 spiro atoms. The minimum absolute atomic E-state index is 0.0211. The molecule has 0 amide bonds. The maximum atomic E-state index is 11.8. The van der Waals surface area contributed by atoms with Crippen molar-refractivity contribution in [2.24, 2.45) is 17.8 Å². The number of H-pyrrole nitrogens is 1. The average molecular weight is 563 g/mol. The van der Waals surface area contributed by atoms with Crippen LogP contribution in [0.4, 0.5) is 11.8 Å². The van der Waals surface area contributed by atoms with Crippen LogP contribution >= 0.6 is 0 Å². The number of aromatic nitrogens is 8. The smallest absolute Gasteiger partial charge is 0.365 e. The van der Waals surface area contributed by atoms with Crippen LogP contribution in [0.25, 0.3) is 22.8 Å². The van der Waals surface area contributed by atoms with Crippen molar-refractivity contribution >= 4 is 22.9 Å². The Balaban J connectivity index is 1.37. The Hall–Kier alpha value is -3.77. The summed E-state index contributed by atoms with van der Waals surface area (Å²) in [5, 5.41) is 15.9. The lowest BCUT2D eigenvalue weighted by Crippen LogP contribution is -2.31. The second kappa shape index (κ2) is 10.6. The number of aryl methyl sites for hydroxylation is 1. The number of hydrogen-bond donors (Lipinski definition) is 2. The van der Waals surface area contributed by atoms with Gasteiger partial charge in [-0.2, -0.15) is 4.98 Å². The number of rotatable bonds is 8. The first-order chi connectivity index (χ1) is 19.9. The van der Waals surface area contributed by atoms with Crippen molar-refractivity contribution in [1.82, 2.24) is 40.0 Å². The molecule has 218 valence electrons. The molecule has 41 heavy (non-hydrogen) atoms. The summed E-state index contributed by atoms with van der Waals surface area (Å²) in [6.45, 7) is 8.20. The van der Waals surface area contributed by atoms with Crippen LogP contribution in [0.3, 0.4) is 0 Å². The van der Waals surface area contributed by atoms with Crippen LogP contribution in [-0.2, 0) is 6.54 Å². The van der Waals surface area contributed by atoms with Crippen LogP contribution in [0, 0.1) is 24.7 Å². The number of hydrogen-bond acceptors (Lipinski definition) is 11. The van der Waals surface area contributed by atoms with E-state index in [1.54, 1.807) is 0 Å². The molecule has 2 saturated carbocycles. The largest absolute Gasteiger partial charge is 0.439 e.